The van der Waals surface area contributed by atoms with Crippen LogP contribution < -0.4 is 16.0 Å². The second-order valence-corrected chi connectivity index (χ2v) is 8.19. The summed E-state index contributed by atoms with van der Waals surface area (Å²) in [4.78, 5) is 21.1. The molecular weight excluding hydrogens is 439 g/mol. The number of amides is 1. The molecule has 10 heteroatoms. The van der Waals surface area contributed by atoms with Gasteiger partial charge in [0.2, 0.25) is 5.91 Å². The maximum Gasteiger partial charge on any atom is 0.490 e. The van der Waals surface area contributed by atoms with Gasteiger partial charge in [-0.25, -0.2) is 4.79 Å². The van der Waals surface area contributed by atoms with E-state index in [1.807, 2.05) is 0 Å². The number of rotatable bonds is 6. The van der Waals surface area contributed by atoms with E-state index in [-0.39, 0.29) is 17.4 Å². The zero-order valence-corrected chi connectivity index (χ0v) is 18.1. The highest BCUT2D eigenvalue weighted by Gasteiger charge is 2.48. The van der Waals surface area contributed by atoms with E-state index >= 15 is 0 Å². The predicted octanol–water partition coefficient (Wildman–Crippen LogP) is 3.16. The summed E-state index contributed by atoms with van der Waals surface area (Å²) in [6.45, 7) is 4.01. The van der Waals surface area contributed by atoms with Crippen LogP contribution >= 0.6 is 0 Å². The van der Waals surface area contributed by atoms with Crippen LogP contribution in [0.1, 0.15) is 19.3 Å². The number of carboxylic acids is 1. The maximum absolute atomic E-state index is 12.2. The van der Waals surface area contributed by atoms with Crippen molar-refractivity contribution in [1.29, 1.82) is 0 Å². The fraction of sp³-hybridized carbons (Fsp3) is 0.478. The van der Waals surface area contributed by atoms with Crippen LogP contribution in [-0.2, 0) is 14.3 Å². The molecule has 2 heterocycles. The van der Waals surface area contributed by atoms with Crippen molar-refractivity contribution >= 4 is 28.3 Å². The van der Waals surface area contributed by atoms with Crippen LogP contribution in [0.15, 0.2) is 42.5 Å². The molecule has 2 aliphatic rings. The minimum absolute atomic E-state index is 0.0401. The Labute approximate surface area is 189 Å². The average Bonchev–Trinajstić information content (AvgIpc) is 3.08. The van der Waals surface area contributed by atoms with E-state index in [4.69, 9.17) is 14.6 Å². The summed E-state index contributed by atoms with van der Waals surface area (Å²) in [5.41, 5.74) is 1.21. The fourth-order valence-corrected chi connectivity index (χ4v) is 4.24. The predicted molar refractivity (Wildman–Crippen MR) is 118 cm³/mol. The second kappa shape index (κ2) is 10.8. The first-order valence-corrected chi connectivity index (χ1v) is 10.8. The van der Waals surface area contributed by atoms with Crippen molar-refractivity contribution in [2.45, 2.75) is 31.5 Å². The van der Waals surface area contributed by atoms with E-state index in [9.17, 15) is 18.0 Å². The topological polar surface area (TPSA) is 99.7 Å². The summed E-state index contributed by atoms with van der Waals surface area (Å²) in [6, 6.07) is 14.7. The number of carbonyl (C=O) groups is 2. The third kappa shape index (κ3) is 6.35. The van der Waals surface area contributed by atoms with Gasteiger partial charge in [-0.15, -0.1) is 0 Å². The first-order valence-electron chi connectivity index (χ1n) is 10.8. The summed E-state index contributed by atoms with van der Waals surface area (Å²) < 4.78 is 37.2. The SMILES string of the molecule is O=C(O)C(F)(F)F.O=C1NCC2(CCOCC2)C1NCCCNc1cccc2ccccc12. The minimum Gasteiger partial charge on any atom is -0.475 e. The Hall–Kier alpha value is -2.85. The van der Waals surface area contributed by atoms with Crippen LogP contribution in [0, 0.1) is 5.41 Å². The Bertz CT molecular complexity index is 956. The molecule has 4 rings (SSSR count). The number of nitrogens with one attached hydrogen (secondary N) is 3. The smallest absolute Gasteiger partial charge is 0.475 e. The van der Waals surface area contributed by atoms with Gasteiger partial charge in [0.25, 0.3) is 0 Å². The molecular formula is C23H28F3N3O4. The van der Waals surface area contributed by atoms with Gasteiger partial charge in [-0.1, -0.05) is 36.4 Å². The number of benzene rings is 2. The van der Waals surface area contributed by atoms with E-state index in [2.05, 4.69) is 58.4 Å². The summed E-state index contributed by atoms with van der Waals surface area (Å²) in [5.74, 6) is -2.61. The van der Waals surface area contributed by atoms with Gasteiger partial charge in [-0.05, 0) is 37.3 Å². The number of anilines is 1. The van der Waals surface area contributed by atoms with Gasteiger partial charge in [0.05, 0.1) is 6.04 Å². The second-order valence-electron chi connectivity index (χ2n) is 8.19. The molecule has 1 amide bonds. The highest BCUT2D eigenvalue weighted by Crippen LogP contribution is 2.37. The lowest BCUT2D eigenvalue weighted by molar-refractivity contribution is -0.192. The van der Waals surface area contributed by atoms with Crippen molar-refractivity contribution in [1.82, 2.24) is 10.6 Å². The van der Waals surface area contributed by atoms with E-state index in [0.717, 1.165) is 52.1 Å². The Kier molecular flexibility index (Phi) is 8.15. The lowest BCUT2D eigenvalue weighted by atomic mass is 9.76. The molecule has 0 bridgehead atoms. The van der Waals surface area contributed by atoms with Gasteiger partial charge >= 0.3 is 12.1 Å². The molecule has 2 aliphatic heterocycles. The number of fused-ring (bicyclic) bond motifs is 1. The molecule has 180 valence electrons. The van der Waals surface area contributed by atoms with Crippen molar-refractivity contribution in [3.63, 3.8) is 0 Å². The zero-order valence-electron chi connectivity index (χ0n) is 18.1. The molecule has 0 aromatic heterocycles. The Balaban J connectivity index is 0.000000383. The number of ether oxygens (including phenoxy) is 1. The minimum atomic E-state index is -5.08. The summed E-state index contributed by atoms with van der Waals surface area (Å²) >= 11 is 0. The Morgan fingerprint density at radius 1 is 1.12 bits per heavy atom. The third-order valence-electron chi connectivity index (χ3n) is 6.03. The van der Waals surface area contributed by atoms with Crippen molar-refractivity contribution in [3.05, 3.63) is 42.5 Å². The van der Waals surface area contributed by atoms with Crippen molar-refractivity contribution < 1.29 is 32.6 Å². The molecule has 2 aromatic rings. The molecule has 7 nitrogen and oxygen atoms in total. The number of alkyl halides is 3. The standard InChI is InChI=1S/C21H27N3O2.C2HF3O2/c25-20-19(21(15-24-20)9-13-26-14-10-21)23-12-4-11-22-18-8-3-6-16-5-1-2-7-17(16)18;3-2(4,5)1(6)7/h1-3,5-8,19,22-23H,4,9-15H2,(H,24,25);(H,6,7). The summed E-state index contributed by atoms with van der Waals surface area (Å²) in [5, 5.41) is 19.7. The fourth-order valence-electron chi connectivity index (χ4n) is 4.24. The first kappa shape index (κ1) is 24.8. The van der Waals surface area contributed by atoms with Crippen LogP contribution in [0.2, 0.25) is 0 Å². The number of halogens is 3. The van der Waals surface area contributed by atoms with Crippen LogP contribution in [0.5, 0.6) is 0 Å². The number of hydrogen-bond acceptors (Lipinski definition) is 5. The van der Waals surface area contributed by atoms with Gasteiger partial charge in [-0.2, -0.15) is 13.2 Å². The molecule has 2 saturated heterocycles. The van der Waals surface area contributed by atoms with Gasteiger partial charge in [0.1, 0.15) is 0 Å². The first-order chi connectivity index (χ1) is 15.7. The van der Waals surface area contributed by atoms with Crippen molar-refractivity contribution in [2.24, 2.45) is 5.41 Å². The maximum atomic E-state index is 12.2. The number of carbonyl (C=O) groups excluding carboxylic acids is 1. The van der Waals surface area contributed by atoms with Gasteiger partial charge < -0.3 is 25.8 Å². The number of carboxylic acid groups (broad SMARTS) is 1. The van der Waals surface area contributed by atoms with E-state index in [0.29, 0.717) is 0 Å². The van der Waals surface area contributed by atoms with E-state index in [1.54, 1.807) is 0 Å². The molecule has 0 aliphatic carbocycles. The largest absolute Gasteiger partial charge is 0.490 e. The third-order valence-corrected chi connectivity index (χ3v) is 6.03. The molecule has 2 fully saturated rings. The van der Waals surface area contributed by atoms with Crippen LogP contribution in [-0.4, -0.2) is 62.0 Å². The van der Waals surface area contributed by atoms with Crippen LogP contribution in [0.3, 0.4) is 0 Å². The summed E-state index contributed by atoms with van der Waals surface area (Å²) in [7, 11) is 0. The molecule has 2 aromatic carbocycles. The van der Waals surface area contributed by atoms with Crippen molar-refractivity contribution in [2.75, 3.05) is 38.2 Å². The molecule has 1 unspecified atom stereocenters. The average molecular weight is 467 g/mol. The lowest BCUT2D eigenvalue weighted by Gasteiger charge is -2.36. The highest BCUT2D eigenvalue weighted by molar-refractivity contribution is 5.93. The quantitative estimate of drug-likeness (QED) is 0.487. The molecule has 33 heavy (non-hydrogen) atoms. The molecule has 0 radical (unpaired) electrons. The van der Waals surface area contributed by atoms with Crippen molar-refractivity contribution in [3.8, 4) is 0 Å². The molecule has 1 spiro atoms. The highest BCUT2D eigenvalue weighted by atomic mass is 19.4. The summed E-state index contributed by atoms with van der Waals surface area (Å²) in [6.07, 6.45) is -2.20. The zero-order chi connectivity index (χ0) is 23.9. The monoisotopic (exact) mass is 467 g/mol. The van der Waals surface area contributed by atoms with E-state index < -0.39 is 12.1 Å². The van der Waals surface area contributed by atoms with E-state index in [1.165, 1.54) is 16.5 Å². The normalized spacial score (nSPS) is 19.6. The van der Waals surface area contributed by atoms with Gasteiger partial charge in [0.15, 0.2) is 0 Å². The van der Waals surface area contributed by atoms with Crippen LogP contribution in [0.25, 0.3) is 10.8 Å². The molecule has 0 saturated carbocycles. The molecule has 4 N–H and O–H groups in total. The Morgan fingerprint density at radius 3 is 2.48 bits per heavy atom. The van der Waals surface area contributed by atoms with Crippen LogP contribution in [0.4, 0.5) is 18.9 Å². The Morgan fingerprint density at radius 2 is 1.79 bits per heavy atom. The number of aliphatic carboxylic acids is 1. The van der Waals surface area contributed by atoms with Gasteiger partial charge in [0, 0.05) is 42.8 Å². The number of hydrogen-bond donors (Lipinski definition) is 4. The molecule has 1 atom stereocenters. The lowest BCUT2D eigenvalue weighted by Crippen LogP contribution is -2.49. The van der Waals surface area contributed by atoms with Gasteiger partial charge in [-0.3, -0.25) is 4.79 Å².